The Morgan fingerprint density at radius 2 is 1.71 bits per heavy atom. The molecular formula is C16H17F2NO2. The van der Waals surface area contributed by atoms with E-state index in [1.165, 1.54) is 25.3 Å². The Hall–Kier alpha value is -2.14. The quantitative estimate of drug-likeness (QED) is 0.920. The molecule has 0 heterocycles. The van der Waals surface area contributed by atoms with Gasteiger partial charge in [-0.15, -0.1) is 0 Å². The Balaban J connectivity index is 2.30. The van der Waals surface area contributed by atoms with Crippen molar-refractivity contribution < 1.29 is 18.3 Å². The minimum atomic E-state index is -0.599. The van der Waals surface area contributed by atoms with E-state index in [-0.39, 0.29) is 12.0 Å². The van der Waals surface area contributed by atoms with Gasteiger partial charge in [-0.3, -0.25) is 0 Å². The van der Waals surface area contributed by atoms with Crippen molar-refractivity contribution in [2.75, 3.05) is 14.2 Å². The van der Waals surface area contributed by atoms with Crippen molar-refractivity contribution in [3.63, 3.8) is 0 Å². The van der Waals surface area contributed by atoms with Gasteiger partial charge in [0.15, 0.2) is 0 Å². The molecule has 2 N–H and O–H groups in total. The Morgan fingerprint density at radius 1 is 1.05 bits per heavy atom. The van der Waals surface area contributed by atoms with E-state index >= 15 is 0 Å². The molecule has 0 aliphatic carbocycles. The van der Waals surface area contributed by atoms with E-state index in [9.17, 15) is 8.78 Å². The van der Waals surface area contributed by atoms with Crippen molar-refractivity contribution >= 4 is 0 Å². The first kappa shape index (κ1) is 15.3. The van der Waals surface area contributed by atoms with Crippen LogP contribution in [0.5, 0.6) is 11.5 Å². The number of methoxy groups -OCH3 is 2. The van der Waals surface area contributed by atoms with Crippen LogP contribution in [0.25, 0.3) is 0 Å². The van der Waals surface area contributed by atoms with Crippen LogP contribution in [0, 0.1) is 11.6 Å². The van der Waals surface area contributed by atoms with Crippen LogP contribution in [-0.2, 0) is 6.42 Å². The molecule has 0 aromatic heterocycles. The number of hydrogen-bond donors (Lipinski definition) is 1. The SMILES string of the molecule is COc1ccc(C(N)Cc2c(F)cccc2F)c(OC)c1. The predicted molar refractivity (Wildman–Crippen MR) is 76.5 cm³/mol. The largest absolute Gasteiger partial charge is 0.497 e. The second-order valence-corrected chi connectivity index (χ2v) is 4.62. The van der Waals surface area contributed by atoms with Crippen LogP contribution < -0.4 is 15.2 Å². The molecule has 0 saturated carbocycles. The van der Waals surface area contributed by atoms with E-state index in [0.717, 1.165) is 0 Å². The van der Waals surface area contributed by atoms with Gasteiger partial charge in [-0.05, 0) is 24.6 Å². The molecule has 0 radical (unpaired) electrons. The molecule has 1 unspecified atom stereocenters. The lowest BCUT2D eigenvalue weighted by Crippen LogP contribution is -2.16. The summed E-state index contributed by atoms with van der Waals surface area (Å²) >= 11 is 0. The lowest BCUT2D eigenvalue weighted by atomic mass is 9.98. The molecule has 0 aliphatic heterocycles. The predicted octanol–water partition coefficient (Wildman–Crippen LogP) is 3.22. The number of rotatable bonds is 5. The summed E-state index contributed by atoms with van der Waals surface area (Å²) in [7, 11) is 3.05. The van der Waals surface area contributed by atoms with Gasteiger partial charge in [-0.25, -0.2) is 8.78 Å². The van der Waals surface area contributed by atoms with E-state index in [1.807, 2.05) is 0 Å². The fourth-order valence-electron chi connectivity index (χ4n) is 2.18. The topological polar surface area (TPSA) is 44.5 Å². The van der Waals surface area contributed by atoms with Crippen LogP contribution in [0.2, 0.25) is 0 Å². The first-order valence-electron chi connectivity index (χ1n) is 6.47. The van der Waals surface area contributed by atoms with Crippen LogP contribution in [0.15, 0.2) is 36.4 Å². The van der Waals surface area contributed by atoms with E-state index in [0.29, 0.717) is 17.1 Å². The first-order valence-corrected chi connectivity index (χ1v) is 6.47. The number of hydrogen-bond acceptors (Lipinski definition) is 3. The third-order valence-electron chi connectivity index (χ3n) is 3.33. The summed E-state index contributed by atoms with van der Waals surface area (Å²) < 4.78 is 37.7. The van der Waals surface area contributed by atoms with Crippen molar-refractivity contribution in [2.45, 2.75) is 12.5 Å². The maximum Gasteiger partial charge on any atom is 0.129 e. The summed E-state index contributed by atoms with van der Waals surface area (Å²) in [6, 6.07) is 8.33. The molecule has 5 heteroatoms. The highest BCUT2D eigenvalue weighted by Gasteiger charge is 2.17. The summed E-state index contributed by atoms with van der Waals surface area (Å²) in [5, 5.41) is 0. The third kappa shape index (κ3) is 3.31. The van der Waals surface area contributed by atoms with Gasteiger partial charge >= 0.3 is 0 Å². The second-order valence-electron chi connectivity index (χ2n) is 4.62. The van der Waals surface area contributed by atoms with E-state index in [1.54, 1.807) is 25.3 Å². The number of ether oxygens (including phenoxy) is 2. The van der Waals surface area contributed by atoms with Crippen LogP contribution in [0.1, 0.15) is 17.2 Å². The van der Waals surface area contributed by atoms with Crippen LogP contribution >= 0.6 is 0 Å². The van der Waals surface area contributed by atoms with Gasteiger partial charge in [-0.1, -0.05) is 12.1 Å². The Morgan fingerprint density at radius 3 is 2.29 bits per heavy atom. The van der Waals surface area contributed by atoms with Gasteiger partial charge in [0.05, 0.1) is 14.2 Å². The molecular weight excluding hydrogens is 276 g/mol. The molecule has 0 saturated heterocycles. The van der Waals surface area contributed by atoms with Gasteiger partial charge < -0.3 is 15.2 Å². The molecule has 21 heavy (non-hydrogen) atoms. The summed E-state index contributed by atoms with van der Waals surface area (Å²) in [6.07, 6.45) is 0.0429. The van der Waals surface area contributed by atoms with Gasteiger partial charge in [0.2, 0.25) is 0 Å². The van der Waals surface area contributed by atoms with E-state index in [2.05, 4.69) is 0 Å². The smallest absolute Gasteiger partial charge is 0.129 e. The molecule has 0 aliphatic rings. The summed E-state index contributed by atoms with van der Waals surface area (Å²) in [4.78, 5) is 0. The monoisotopic (exact) mass is 293 g/mol. The van der Waals surface area contributed by atoms with Gasteiger partial charge in [0.25, 0.3) is 0 Å². The molecule has 0 fully saturated rings. The van der Waals surface area contributed by atoms with E-state index in [4.69, 9.17) is 15.2 Å². The lowest BCUT2D eigenvalue weighted by molar-refractivity contribution is 0.388. The summed E-state index contributed by atoms with van der Waals surface area (Å²) in [5.74, 6) is -0.0469. The molecule has 1 atom stereocenters. The number of benzene rings is 2. The van der Waals surface area contributed by atoms with Crippen molar-refractivity contribution in [1.29, 1.82) is 0 Å². The Kier molecular flexibility index (Phi) is 4.75. The fourth-order valence-corrected chi connectivity index (χ4v) is 2.18. The minimum Gasteiger partial charge on any atom is -0.497 e. The molecule has 2 aromatic rings. The molecule has 3 nitrogen and oxygen atoms in total. The van der Waals surface area contributed by atoms with Crippen LogP contribution in [0.4, 0.5) is 8.78 Å². The maximum absolute atomic E-state index is 13.7. The zero-order valence-electron chi connectivity index (χ0n) is 11.9. The molecule has 0 spiro atoms. The van der Waals surface area contributed by atoms with Gasteiger partial charge in [0.1, 0.15) is 23.1 Å². The minimum absolute atomic E-state index is 0.0251. The molecule has 2 aromatic carbocycles. The van der Waals surface area contributed by atoms with Crippen LogP contribution in [-0.4, -0.2) is 14.2 Å². The first-order chi connectivity index (χ1) is 10.1. The second kappa shape index (κ2) is 6.54. The normalized spacial score (nSPS) is 12.0. The molecule has 112 valence electrons. The average Bonchev–Trinajstić information content (AvgIpc) is 2.50. The number of halogens is 2. The fraction of sp³-hybridized carbons (Fsp3) is 0.250. The van der Waals surface area contributed by atoms with Gasteiger partial charge in [-0.2, -0.15) is 0 Å². The Bertz CT molecular complexity index is 611. The van der Waals surface area contributed by atoms with Gasteiger partial charge in [0, 0.05) is 23.2 Å². The summed E-state index contributed by atoms with van der Waals surface area (Å²) in [6.45, 7) is 0. The summed E-state index contributed by atoms with van der Waals surface area (Å²) in [5.41, 5.74) is 6.72. The molecule has 0 amide bonds. The average molecular weight is 293 g/mol. The van der Waals surface area contributed by atoms with Crippen molar-refractivity contribution in [3.05, 3.63) is 59.2 Å². The van der Waals surface area contributed by atoms with Crippen molar-refractivity contribution in [2.24, 2.45) is 5.73 Å². The maximum atomic E-state index is 13.7. The highest BCUT2D eigenvalue weighted by Crippen LogP contribution is 2.30. The van der Waals surface area contributed by atoms with Crippen molar-refractivity contribution in [1.82, 2.24) is 0 Å². The highest BCUT2D eigenvalue weighted by atomic mass is 19.1. The molecule has 2 rings (SSSR count). The zero-order valence-corrected chi connectivity index (χ0v) is 11.9. The van der Waals surface area contributed by atoms with Crippen molar-refractivity contribution in [3.8, 4) is 11.5 Å². The third-order valence-corrected chi connectivity index (χ3v) is 3.33. The highest BCUT2D eigenvalue weighted by molar-refractivity contribution is 5.43. The van der Waals surface area contributed by atoms with Crippen LogP contribution in [0.3, 0.4) is 0 Å². The zero-order chi connectivity index (χ0) is 15.4. The van der Waals surface area contributed by atoms with E-state index < -0.39 is 17.7 Å². The Labute approximate surface area is 122 Å². The lowest BCUT2D eigenvalue weighted by Gasteiger charge is -2.17. The number of nitrogens with two attached hydrogens (primary N) is 1. The molecule has 0 bridgehead atoms. The standard InChI is InChI=1S/C16H17F2NO2/c1-20-10-6-7-11(16(8-10)21-2)15(19)9-12-13(17)4-3-5-14(12)18/h3-8,15H,9,19H2,1-2H3.